The highest BCUT2D eigenvalue weighted by Gasteiger charge is 2.31. The second kappa shape index (κ2) is 4.04. The quantitative estimate of drug-likeness (QED) is 0.847. The molecule has 0 amide bonds. The zero-order valence-corrected chi connectivity index (χ0v) is 9.32. The summed E-state index contributed by atoms with van der Waals surface area (Å²) in [7, 11) is 3.15. The van der Waals surface area contributed by atoms with Crippen molar-refractivity contribution >= 4 is 5.97 Å². The van der Waals surface area contributed by atoms with E-state index >= 15 is 0 Å². The van der Waals surface area contributed by atoms with E-state index in [1.54, 1.807) is 26.4 Å². The smallest absolute Gasteiger partial charge is 0.310 e. The highest BCUT2D eigenvalue weighted by Crippen LogP contribution is 2.41. The van der Waals surface area contributed by atoms with Gasteiger partial charge >= 0.3 is 5.97 Å². The highest BCUT2D eigenvalue weighted by molar-refractivity contribution is 5.78. The van der Waals surface area contributed by atoms with Crippen molar-refractivity contribution in [2.24, 2.45) is 0 Å². The van der Waals surface area contributed by atoms with Crippen molar-refractivity contribution in [3.8, 4) is 11.5 Å². The molecular weight excluding hydrogens is 208 g/mol. The maximum absolute atomic E-state index is 11.1. The number of hydrogen-bond acceptors (Lipinski definition) is 3. The van der Waals surface area contributed by atoms with E-state index < -0.39 is 11.9 Å². The topological polar surface area (TPSA) is 55.8 Å². The number of carboxylic acid groups (broad SMARTS) is 1. The van der Waals surface area contributed by atoms with Gasteiger partial charge in [-0.2, -0.15) is 0 Å². The zero-order valence-electron chi connectivity index (χ0n) is 9.32. The molecule has 0 aliphatic heterocycles. The van der Waals surface area contributed by atoms with Crippen LogP contribution in [0.15, 0.2) is 12.1 Å². The first-order chi connectivity index (χ1) is 7.67. The summed E-state index contributed by atoms with van der Waals surface area (Å²) in [6.07, 6.45) is 1.38. The lowest BCUT2D eigenvalue weighted by atomic mass is 10.0. The van der Waals surface area contributed by atoms with Gasteiger partial charge < -0.3 is 14.6 Å². The molecular formula is C12H14O4. The maximum Gasteiger partial charge on any atom is 0.310 e. The Morgan fingerprint density at radius 3 is 2.69 bits per heavy atom. The molecule has 0 spiro atoms. The molecule has 1 unspecified atom stereocenters. The minimum Gasteiger partial charge on any atom is -0.497 e. The van der Waals surface area contributed by atoms with Crippen LogP contribution in [-0.2, 0) is 11.2 Å². The molecule has 1 N–H and O–H groups in total. The van der Waals surface area contributed by atoms with Crippen LogP contribution >= 0.6 is 0 Å². The van der Waals surface area contributed by atoms with Crippen LogP contribution < -0.4 is 9.47 Å². The van der Waals surface area contributed by atoms with E-state index in [2.05, 4.69) is 0 Å². The van der Waals surface area contributed by atoms with E-state index in [1.165, 1.54) is 0 Å². The Balaban J connectivity index is 2.52. The van der Waals surface area contributed by atoms with Crippen LogP contribution in [0.4, 0.5) is 0 Å². The number of hydrogen-bond donors (Lipinski definition) is 1. The molecule has 0 saturated heterocycles. The van der Waals surface area contributed by atoms with Crippen molar-refractivity contribution < 1.29 is 19.4 Å². The van der Waals surface area contributed by atoms with Crippen LogP contribution in [0.2, 0.25) is 0 Å². The lowest BCUT2D eigenvalue weighted by molar-refractivity contribution is -0.138. The Hall–Kier alpha value is -1.71. The summed E-state index contributed by atoms with van der Waals surface area (Å²) >= 11 is 0. The van der Waals surface area contributed by atoms with Gasteiger partial charge in [0, 0.05) is 6.07 Å². The predicted octanol–water partition coefficient (Wildman–Crippen LogP) is 1.82. The van der Waals surface area contributed by atoms with Gasteiger partial charge in [0.15, 0.2) is 0 Å². The van der Waals surface area contributed by atoms with Gasteiger partial charge in [0.1, 0.15) is 11.5 Å². The van der Waals surface area contributed by atoms with Crippen LogP contribution in [0.25, 0.3) is 0 Å². The summed E-state index contributed by atoms with van der Waals surface area (Å²) < 4.78 is 10.4. The van der Waals surface area contributed by atoms with Crippen molar-refractivity contribution in [2.75, 3.05) is 14.2 Å². The fourth-order valence-corrected chi connectivity index (χ4v) is 2.22. The third-order valence-corrected chi connectivity index (χ3v) is 3.03. The number of rotatable bonds is 3. The Kier molecular flexibility index (Phi) is 2.73. The highest BCUT2D eigenvalue weighted by atomic mass is 16.5. The number of carbonyl (C=O) groups is 1. The van der Waals surface area contributed by atoms with E-state index in [0.29, 0.717) is 12.2 Å². The summed E-state index contributed by atoms with van der Waals surface area (Å²) in [4.78, 5) is 11.1. The molecule has 1 aliphatic rings. The van der Waals surface area contributed by atoms with Gasteiger partial charge in [-0.25, -0.2) is 0 Å². The van der Waals surface area contributed by atoms with E-state index in [-0.39, 0.29) is 0 Å². The molecule has 0 bridgehead atoms. The number of fused-ring (bicyclic) bond motifs is 1. The lowest BCUT2D eigenvalue weighted by Gasteiger charge is -2.11. The third-order valence-electron chi connectivity index (χ3n) is 3.03. The zero-order chi connectivity index (χ0) is 11.7. The van der Waals surface area contributed by atoms with Crippen LogP contribution in [0.3, 0.4) is 0 Å². The average Bonchev–Trinajstić information content (AvgIpc) is 2.71. The summed E-state index contributed by atoms with van der Waals surface area (Å²) in [6.45, 7) is 0. The van der Waals surface area contributed by atoms with Gasteiger partial charge in [-0.15, -0.1) is 0 Å². The molecule has 1 aromatic rings. The van der Waals surface area contributed by atoms with Crippen LogP contribution in [-0.4, -0.2) is 25.3 Å². The maximum atomic E-state index is 11.1. The molecule has 2 rings (SSSR count). The fraction of sp³-hybridized carbons (Fsp3) is 0.417. The standard InChI is InChI=1S/C12H14O4/c1-15-7-5-10-8(11(6-7)16-2)3-4-9(10)12(13)14/h5-6,9H,3-4H2,1-2H3,(H,13,14). The first kappa shape index (κ1) is 10.8. The molecule has 1 aromatic carbocycles. The molecule has 0 saturated carbocycles. The normalized spacial score (nSPS) is 18.0. The summed E-state index contributed by atoms with van der Waals surface area (Å²) in [6, 6.07) is 3.59. The number of methoxy groups -OCH3 is 2. The second-order valence-electron chi connectivity index (χ2n) is 3.83. The molecule has 1 atom stereocenters. The van der Waals surface area contributed by atoms with Crippen molar-refractivity contribution in [3.63, 3.8) is 0 Å². The summed E-state index contributed by atoms with van der Waals surface area (Å²) in [5, 5.41) is 9.11. The van der Waals surface area contributed by atoms with Crippen LogP contribution in [0.5, 0.6) is 11.5 Å². The largest absolute Gasteiger partial charge is 0.497 e. The first-order valence-electron chi connectivity index (χ1n) is 5.15. The van der Waals surface area contributed by atoms with Crippen molar-refractivity contribution in [2.45, 2.75) is 18.8 Å². The number of aliphatic carboxylic acids is 1. The Morgan fingerprint density at radius 1 is 1.38 bits per heavy atom. The number of ether oxygens (including phenoxy) is 2. The Labute approximate surface area is 93.8 Å². The van der Waals surface area contributed by atoms with Crippen LogP contribution in [0, 0.1) is 0 Å². The number of carboxylic acids is 1. The minimum atomic E-state index is -0.783. The van der Waals surface area contributed by atoms with Crippen LogP contribution in [0.1, 0.15) is 23.5 Å². The van der Waals surface area contributed by atoms with E-state index in [0.717, 1.165) is 23.3 Å². The molecule has 4 heteroatoms. The lowest BCUT2D eigenvalue weighted by Crippen LogP contribution is -2.08. The molecule has 4 nitrogen and oxygen atoms in total. The summed E-state index contributed by atoms with van der Waals surface area (Å²) in [5.41, 5.74) is 1.82. The van der Waals surface area contributed by atoms with Crippen molar-refractivity contribution in [1.29, 1.82) is 0 Å². The van der Waals surface area contributed by atoms with Gasteiger partial charge in [-0.05, 0) is 30.0 Å². The van der Waals surface area contributed by atoms with Crippen molar-refractivity contribution in [3.05, 3.63) is 23.3 Å². The third kappa shape index (κ3) is 1.60. The SMILES string of the molecule is COc1cc(OC)c2c(c1)C(C(=O)O)CC2. The molecule has 86 valence electrons. The monoisotopic (exact) mass is 222 g/mol. The van der Waals surface area contributed by atoms with Gasteiger partial charge in [0.2, 0.25) is 0 Å². The molecule has 0 radical (unpaired) electrons. The van der Waals surface area contributed by atoms with E-state index in [4.69, 9.17) is 14.6 Å². The second-order valence-corrected chi connectivity index (χ2v) is 3.83. The predicted molar refractivity (Wildman–Crippen MR) is 58.2 cm³/mol. The van der Waals surface area contributed by atoms with Crippen molar-refractivity contribution in [1.82, 2.24) is 0 Å². The van der Waals surface area contributed by atoms with E-state index in [9.17, 15) is 4.79 Å². The molecule has 16 heavy (non-hydrogen) atoms. The van der Waals surface area contributed by atoms with Gasteiger partial charge in [0.05, 0.1) is 20.1 Å². The molecule has 0 aromatic heterocycles. The number of benzene rings is 1. The first-order valence-corrected chi connectivity index (χ1v) is 5.15. The van der Waals surface area contributed by atoms with E-state index in [1.807, 2.05) is 0 Å². The Bertz CT molecular complexity index is 425. The molecule has 0 fully saturated rings. The Morgan fingerprint density at radius 2 is 2.12 bits per heavy atom. The average molecular weight is 222 g/mol. The minimum absolute atomic E-state index is 0.431. The fourth-order valence-electron chi connectivity index (χ4n) is 2.22. The summed E-state index contributed by atoms with van der Waals surface area (Å²) in [5.74, 6) is 0.148. The van der Waals surface area contributed by atoms with Gasteiger partial charge in [-0.3, -0.25) is 4.79 Å². The van der Waals surface area contributed by atoms with Gasteiger partial charge in [0.25, 0.3) is 0 Å². The molecule has 0 heterocycles. The molecule has 1 aliphatic carbocycles. The van der Waals surface area contributed by atoms with Gasteiger partial charge in [-0.1, -0.05) is 0 Å².